The van der Waals surface area contributed by atoms with Gasteiger partial charge in [-0.2, -0.15) is 0 Å². The van der Waals surface area contributed by atoms with Crippen molar-refractivity contribution >= 4 is 17.1 Å². The Labute approximate surface area is 127 Å². The number of esters is 1. The third-order valence-corrected chi connectivity index (χ3v) is 3.54. The van der Waals surface area contributed by atoms with Gasteiger partial charge in [-0.15, -0.1) is 0 Å². The van der Waals surface area contributed by atoms with Crippen molar-refractivity contribution in [3.8, 4) is 0 Å². The van der Waals surface area contributed by atoms with Crippen molar-refractivity contribution in [2.24, 2.45) is 0 Å². The second-order valence-corrected chi connectivity index (χ2v) is 4.92. The summed E-state index contributed by atoms with van der Waals surface area (Å²) < 4.78 is 4.88. The van der Waals surface area contributed by atoms with Gasteiger partial charge in [-0.05, 0) is 61.7 Å². The largest absolute Gasteiger partial charge is 0.465 e. The molecule has 0 amide bonds. The minimum Gasteiger partial charge on any atom is -0.465 e. The highest BCUT2D eigenvalue weighted by molar-refractivity contribution is 5.96. The van der Waals surface area contributed by atoms with E-state index < -0.39 is 0 Å². The van der Waals surface area contributed by atoms with Crippen LogP contribution in [0.1, 0.15) is 49.2 Å². The van der Waals surface area contributed by atoms with Gasteiger partial charge in [0.2, 0.25) is 0 Å². The molecule has 0 aliphatic carbocycles. The molecule has 0 aromatic heterocycles. The lowest BCUT2D eigenvalue weighted by molar-refractivity contribution is 0.0600. The fourth-order valence-corrected chi connectivity index (χ4v) is 2.05. The molecule has 1 aromatic rings. The first kappa shape index (κ1) is 17.2. The number of rotatable bonds is 6. The second-order valence-electron chi connectivity index (χ2n) is 4.92. The molecule has 0 saturated heterocycles. The van der Waals surface area contributed by atoms with Crippen molar-refractivity contribution < 1.29 is 9.53 Å². The third kappa shape index (κ3) is 4.57. The average Bonchev–Trinajstić information content (AvgIpc) is 2.52. The Morgan fingerprint density at radius 2 is 1.95 bits per heavy atom. The molecular formula is C18H25NO2. The molecule has 1 N–H and O–H groups in total. The molecule has 0 spiro atoms. The van der Waals surface area contributed by atoms with Gasteiger partial charge in [0.05, 0.1) is 12.7 Å². The number of likely N-dealkylation sites (N-methyl/N-ethyl adjacent to an activating group) is 1. The summed E-state index contributed by atoms with van der Waals surface area (Å²) in [6.45, 7) is 9.87. The van der Waals surface area contributed by atoms with Crippen LogP contribution in [0.5, 0.6) is 0 Å². The predicted octanol–water partition coefficient (Wildman–Crippen LogP) is 3.91. The van der Waals surface area contributed by atoms with Crippen LogP contribution in [0.3, 0.4) is 0 Å². The molecular weight excluding hydrogens is 262 g/mol. The van der Waals surface area contributed by atoms with Crippen LogP contribution in [0.2, 0.25) is 0 Å². The second kappa shape index (κ2) is 8.42. The Morgan fingerprint density at radius 3 is 2.52 bits per heavy atom. The summed E-state index contributed by atoms with van der Waals surface area (Å²) in [5, 5.41) is 3.26. The fraction of sp³-hybridized carbons (Fsp3) is 0.389. The molecule has 0 bridgehead atoms. The number of carbonyl (C=O) groups excluding carboxylic acids is 1. The zero-order chi connectivity index (χ0) is 15.8. The van der Waals surface area contributed by atoms with Crippen LogP contribution < -0.4 is 5.32 Å². The maximum absolute atomic E-state index is 11.9. The van der Waals surface area contributed by atoms with E-state index in [0.717, 1.165) is 29.8 Å². The van der Waals surface area contributed by atoms with E-state index in [2.05, 4.69) is 37.4 Å². The molecule has 114 valence electrons. The lowest BCUT2D eigenvalue weighted by atomic mass is 9.95. The molecule has 0 heterocycles. The van der Waals surface area contributed by atoms with Gasteiger partial charge < -0.3 is 10.1 Å². The van der Waals surface area contributed by atoms with Gasteiger partial charge in [0.15, 0.2) is 0 Å². The van der Waals surface area contributed by atoms with Crippen LogP contribution in [0.25, 0.3) is 11.1 Å². The normalized spacial score (nSPS) is 12.4. The molecule has 0 unspecified atom stereocenters. The minimum atomic E-state index is -0.300. The molecule has 3 heteroatoms. The number of nitrogens with one attached hydrogen (secondary N) is 1. The van der Waals surface area contributed by atoms with Gasteiger partial charge in [-0.25, -0.2) is 4.79 Å². The smallest absolute Gasteiger partial charge is 0.338 e. The summed E-state index contributed by atoms with van der Waals surface area (Å²) >= 11 is 0. The van der Waals surface area contributed by atoms with Gasteiger partial charge in [0.25, 0.3) is 0 Å². The highest BCUT2D eigenvalue weighted by Gasteiger charge is 2.14. The van der Waals surface area contributed by atoms with Crippen molar-refractivity contribution in [3.63, 3.8) is 0 Å². The zero-order valence-corrected chi connectivity index (χ0v) is 13.6. The van der Waals surface area contributed by atoms with Crippen LogP contribution >= 0.6 is 0 Å². The molecule has 1 aromatic carbocycles. The maximum atomic E-state index is 11.9. The molecule has 0 saturated carbocycles. The van der Waals surface area contributed by atoms with Crippen LogP contribution in [0.15, 0.2) is 30.4 Å². The highest BCUT2D eigenvalue weighted by atomic mass is 16.5. The zero-order valence-electron chi connectivity index (χ0n) is 13.6. The number of methoxy groups -OCH3 is 1. The monoisotopic (exact) mass is 287 g/mol. The summed E-state index contributed by atoms with van der Waals surface area (Å²) in [5.74, 6) is -0.300. The van der Waals surface area contributed by atoms with Crippen LogP contribution in [0.4, 0.5) is 0 Å². The Morgan fingerprint density at radius 1 is 1.24 bits per heavy atom. The number of allylic oxidation sites excluding steroid dienone is 3. The quantitative estimate of drug-likeness (QED) is 0.637. The van der Waals surface area contributed by atoms with E-state index in [1.807, 2.05) is 26.0 Å². The summed E-state index contributed by atoms with van der Waals surface area (Å²) in [6.07, 6.45) is 4.16. The first-order valence-corrected chi connectivity index (χ1v) is 7.28. The molecule has 0 aliphatic rings. The standard InChI is InChI=1S/C18H25NO2/c1-6-13(3)15-8-9-16(18(20)21-5)17(12-15)14(4)10-11-19-7-2/h6,8-10,12,19H,7,11H2,1-5H3/b13-6+,14-10+. The van der Waals surface area contributed by atoms with Gasteiger partial charge in [-0.1, -0.05) is 25.1 Å². The molecule has 0 radical (unpaired) electrons. The Kier molecular flexibility index (Phi) is 6.89. The van der Waals surface area contributed by atoms with Gasteiger partial charge in [-0.3, -0.25) is 0 Å². The molecule has 0 fully saturated rings. The molecule has 1 rings (SSSR count). The third-order valence-electron chi connectivity index (χ3n) is 3.54. The average molecular weight is 287 g/mol. The van der Waals surface area contributed by atoms with Crippen molar-refractivity contribution in [1.29, 1.82) is 0 Å². The van der Waals surface area contributed by atoms with E-state index in [1.165, 1.54) is 12.7 Å². The van der Waals surface area contributed by atoms with Crippen LogP contribution in [0, 0.1) is 0 Å². The predicted molar refractivity (Wildman–Crippen MR) is 89.3 cm³/mol. The number of benzene rings is 1. The van der Waals surface area contributed by atoms with Crippen LogP contribution in [-0.2, 0) is 4.74 Å². The lowest BCUT2D eigenvalue weighted by Crippen LogP contribution is -2.12. The Balaban J connectivity index is 3.28. The SMILES string of the molecule is C/C=C(\C)c1ccc(C(=O)OC)c(/C(C)=C/CNCC)c1. The lowest BCUT2D eigenvalue weighted by Gasteiger charge is -2.12. The summed E-state index contributed by atoms with van der Waals surface area (Å²) in [5.41, 5.74) is 4.92. The van der Waals surface area contributed by atoms with Crippen molar-refractivity contribution in [2.45, 2.75) is 27.7 Å². The van der Waals surface area contributed by atoms with E-state index in [4.69, 9.17) is 4.74 Å². The Bertz CT molecular complexity index is 556. The highest BCUT2D eigenvalue weighted by Crippen LogP contribution is 2.24. The topological polar surface area (TPSA) is 38.3 Å². The number of ether oxygens (including phenoxy) is 1. The first-order valence-electron chi connectivity index (χ1n) is 7.28. The fourth-order valence-electron chi connectivity index (χ4n) is 2.05. The van der Waals surface area contributed by atoms with E-state index >= 15 is 0 Å². The number of carbonyl (C=O) groups is 1. The van der Waals surface area contributed by atoms with Gasteiger partial charge >= 0.3 is 5.97 Å². The number of hydrogen-bond donors (Lipinski definition) is 1. The number of hydrogen-bond acceptors (Lipinski definition) is 3. The van der Waals surface area contributed by atoms with E-state index in [-0.39, 0.29) is 5.97 Å². The molecule has 0 atom stereocenters. The van der Waals surface area contributed by atoms with Crippen molar-refractivity contribution in [2.75, 3.05) is 20.2 Å². The van der Waals surface area contributed by atoms with E-state index in [0.29, 0.717) is 5.56 Å². The maximum Gasteiger partial charge on any atom is 0.338 e. The summed E-state index contributed by atoms with van der Waals surface area (Å²) in [4.78, 5) is 11.9. The van der Waals surface area contributed by atoms with E-state index in [1.54, 1.807) is 0 Å². The molecule has 0 aliphatic heterocycles. The van der Waals surface area contributed by atoms with Crippen molar-refractivity contribution in [3.05, 3.63) is 47.0 Å². The minimum absolute atomic E-state index is 0.300. The van der Waals surface area contributed by atoms with E-state index in [9.17, 15) is 4.79 Å². The molecule has 3 nitrogen and oxygen atoms in total. The summed E-state index contributed by atoms with van der Waals surface area (Å²) in [6, 6.07) is 5.86. The van der Waals surface area contributed by atoms with Crippen molar-refractivity contribution in [1.82, 2.24) is 5.32 Å². The Hall–Kier alpha value is -1.87. The van der Waals surface area contributed by atoms with Crippen LogP contribution in [-0.4, -0.2) is 26.2 Å². The summed E-state index contributed by atoms with van der Waals surface area (Å²) in [7, 11) is 1.41. The van der Waals surface area contributed by atoms with Gasteiger partial charge in [0.1, 0.15) is 0 Å². The molecule has 21 heavy (non-hydrogen) atoms. The first-order chi connectivity index (χ1) is 10.0. The van der Waals surface area contributed by atoms with Gasteiger partial charge in [0, 0.05) is 6.54 Å².